The molecule has 1 saturated heterocycles. The van der Waals surface area contributed by atoms with Crippen LogP contribution in [0.5, 0.6) is 0 Å². The van der Waals surface area contributed by atoms with E-state index in [1.807, 2.05) is 18.8 Å². The predicted molar refractivity (Wildman–Crippen MR) is 107 cm³/mol. The average Bonchev–Trinajstić information content (AvgIpc) is 2.45. The van der Waals surface area contributed by atoms with Crippen LogP contribution in [0.15, 0.2) is 4.99 Å². The van der Waals surface area contributed by atoms with E-state index in [2.05, 4.69) is 33.7 Å². The highest BCUT2D eigenvalue weighted by Crippen LogP contribution is 2.14. The number of guanidine groups is 1. The quantitative estimate of drug-likeness (QED) is 0.270. The van der Waals surface area contributed by atoms with Gasteiger partial charge < -0.3 is 15.5 Å². The van der Waals surface area contributed by atoms with Crippen LogP contribution >= 0.6 is 35.7 Å². The summed E-state index contributed by atoms with van der Waals surface area (Å²) in [7, 11) is 1.85. The van der Waals surface area contributed by atoms with Gasteiger partial charge in [-0.05, 0) is 50.2 Å². The molecule has 0 aromatic carbocycles. The number of nitrogens with one attached hydrogen (secondary N) is 2. The molecule has 1 rings (SSSR count). The van der Waals surface area contributed by atoms with Crippen molar-refractivity contribution in [3.05, 3.63) is 0 Å². The summed E-state index contributed by atoms with van der Waals surface area (Å²) in [5.74, 6) is 3.05. The van der Waals surface area contributed by atoms with Crippen LogP contribution in [-0.2, 0) is 0 Å². The number of likely N-dealkylation sites (tertiary alicyclic amines) is 1. The number of aliphatic imine (C=N–C) groups is 1. The van der Waals surface area contributed by atoms with Crippen molar-refractivity contribution in [3.63, 3.8) is 0 Å². The molecule has 0 amide bonds. The minimum atomic E-state index is 0. The lowest BCUT2D eigenvalue weighted by Gasteiger charge is -2.30. The highest BCUT2D eigenvalue weighted by molar-refractivity contribution is 14.0. The SMILES string of the molecule is CN=C(NCCCCSC)NCCN1CCCC(C)C1.I. The van der Waals surface area contributed by atoms with Crippen molar-refractivity contribution in [1.29, 1.82) is 0 Å². The number of halogens is 1. The summed E-state index contributed by atoms with van der Waals surface area (Å²) < 4.78 is 0. The molecule has 0 saturated carbocycles. The predicted octanol–water partition coefficient (Wildman–Crippen LogP) is 2.64. The van der Waals surface area contributed by atoms with E-state index in [-0.39, 0.29) is 24.0 Å². The van der Waals surface area contributed by atoms with E-state index < -0.39 is 0 Å². The monoisotopic (exact) mass is 428 g/mol. The first-order valence-corrected chi connectivity index (χ1v) is 9.31. The van der Waals surface area contributed by atoms with Crippen LogP contribution in [0, 0.1) is 5.92 Å². The Morgan fingerprint density at radius 2 is 2.05 bits per heavy atom. The number of nitrogens with zero attached hydrogens (tertiary/aromatic N) is 2. The molecule has 1 heterocycles. The van der Waals surface area contributed by atoms with Gasteiger partial charge in [-0.25, -0.2) is 0 Å². The molecule has 0 radical (unpaired) electrons. The Hall–Kier alpha value is 0.310. The third kappa shape index (κ3) is 10.6. The van der Waals surface area contributed by atoms with Crippen molar-refractivity contribution < 1.29 is 0 Å². The topological polar surface area (TPSA) is 39.7 Å². The summed E-state index contributed by atoms with van der Waals surface area (Å²) in [5, 5.41) is 6.80. The van der Waals surface area contributed by atoms with E-state index in [1.165, 1.54) is 44.5 Å². The fourth-order valence-corrected chi connectivity index (χ4v) is 3.11. The van der Waals surface area contributed by atoms with Gasteiger partial charge in [0.1, 0.15) is 0 Å². The van der Waals surface area contributed by atoms with Gasteiger partial charge in [0.05, 0.1) is 0 Å². The van der Waals surface area contributed by atoms with Crippen LogP contribution in [0.4, 0.5) is 0 Å². The molecular formula is C15H33IN4S. The van der Waals surface area contributed by atoms with Gasteiger partial charge in [-0.2, -0.15) is 11.8 Å². The van der Waals surface area contributed by atoms with E-state index in [9.17, 15) is 0 Å². The van der Waals surface area contributed by atoms with Crippen molar-refractivity contribution in [2.24, 2.45) is 10.9 Å². The van der Waals surface area contributed by atoms with Crippen LogP contribution in [0.2, 0.25) is 0 Å². The molecule has 2 N–H and O–H groups in total. The summed E-state index contributed by atoms with van der Waals surface area (Å²) in [4.78, 5) is 6.84. The largest absolute Gasteiger partial charge is 0.356 e. The van der Waals surface area contributed by atoms with Gasteiger partial charge in [-0.15, -0.1) is 24.0 Å². The number of piperidine rings is 1. The number of unbranched alkanes of at least 4 members (excludes halogenated alkanes) is 1. The Balaban J connectivity index is 0.00000400. The van der Waals surface area contributed by atoms with Crippen molar-refractivity contribution in [1.82, 2.24) is 15.5 Å². The fraction of sp³-hybridized carbons (Fsp3) is 0.933. The van der Waals surface area contributed by atoms with Gasteiger partial charge in [0.2, 0.25) is 0 Å². The first-order valence-electron chi connectivity index (χ1n) is 7.92. The maximum atomic E-state index is 4.27. The first-order chi connectivity index (χ1) is 9.76. The molecule has 4 nitrogen and oxygen atoms in total. The lowest BCUT2D eigenvalue weighted by atomic mass is 10.0. The Kier molecular flexibility index (Phi) is 14.1. The first kappa shape index (κ1) is 21.3. The third-order valence-electron chi connectivity index (χ3n) is 3.75. The Labute approximate surface area is 152 Å². The molecule has 1 atom stereocenters. The zero-order valence-corrected chi connectivity index (χ0v) is 17.0. The molecule has 0 aliphatic carbocycles. The van der Waals surface area contributed by atoms with Crippen molar-refractivity contribution in [2.45, 2.75) is 32.6 Å². The van der Waals surface area contributed by atoms with Crippen LogP contribution in [0.1, 0.15) is 32.6 Å². The second kappa shape index (κ2) is 13.9. The second-order valence-electron chi connectivity index (χ2n) is 5.67. The van der Waals surface area contributed by atoms with Crippen LogP contribution in [-0.4, -0.2) is 62.6 Å². The molecule has 0 aromatic heterocycles. The van der Waals surface area contributed by atoms with Gasteiger partial charge in [0.15, 0.2) is 5.96 Å². The summed E-state index contributed by atoms with van der Waals surface area (Å²) in [6.45, 7) is 7.99. The summed E-state index contributed by atoms with van der Waals surface area (Å²) in [5.41, 5.74) is 0. The van der Waals surface area contributed by atoms with Gasteiger partial charge in [-0.1, -0.05) is 6.92 Å². The van der Waals surface area contributed by atoms with E-state index in [4.69, 9.17) is 0 Å². The van der Waals surface area contributed by atoms with E-state index in [0.29, 0.717) is 0 Å². The Morgan fingerprint density at radius 1 is 1.29 bits per heavy atom. The number of hydrogen-bond donors (Lipinski definition) is 2. The van der Waals surface area contributed by atoms with Crippen LogP contribution < -0.4 is 10.6 Å². The summed E-state index contributed by atoms with van der Waals surface area (Å²) in [6, 6.07) is 0. The van der Waals surface area contributed by atoms with Gasteiger partial charge in [0, 0.05) is 33.2 Å². The molecule has 1 aliphatic rings. The minimum Gasteiger partial charge on any atom is -0.356 e. The normalized spacial score (nSPS) is 20.0. The molecular weight excluding hydrogens is 395 g/mol. The minimum absolute atomic E-state index is 0. The zero-order chi connectivity index (χ0) is 14.6. The smallest absolute Gasteiger partial charge is 0.191 e. The highest BCUT2D eigenvalue weighted by Gasteiger charge is 2.15. The third-order valence-corrected chi connectivity index (χ3v) is 4.45. The number of hydrogen-bond acceptors (Lipinski definition) is 3. The standard InChI is InChI=1S/C15H32N4S.HI/c1-14-7-6-10-19(13-14)11-9-18-15(16-2)17-8-4-5-12-20-3;/h14H,4-13H2,1-3H3,(H2,16,17,18);1H. The highest BCUT2D eigenvalue weighted by atomic mass is 127. The van der Waals surface area contributed by atoms with Gasteiger partial charge in [-0.3, -0.25) is 4.99 Å². The summed E-state index contributed by atoms with van der Waals surface area (Å²) in [6.07, 6.45) is 7.39. The van der Waals surface area contributed by atoms with E-state index >= 15 is 0 Å². The Morgan fingerprint density at radius 3 is 2.71 bits per heavy atom. The maximum absolute atomic E-state index is 4.27. The molecule has 1 aliphatic heterocycles. The lowest BCUT2D eigenvalue weighted by molar-refractivity contribution is 0.187. The fourth-order valence-electron chi connectivity index (χ4n) is 2.62. The molecule has 0 bridgehead atoms. The molecule has 1 fully saturated rings. The van der Waals surface area contributed by atoms with E-state index in [0.717, 1.165) is 31.5 Å². The van der Waals surface area contributed by atoms with Crippen LogP contribution in [0.25, 0.3) is 0 Å². The molecule has 1 unspecified atom stereocenters. The van der Waals surface area contributed by atoms with Crippen molar-refractivity contribution in [2.75, 3.05) is 51.8 Å². The second-order valence-corrected chi connectivity index (χ2v) is 6.66. The van der Waals surface area contributed by atoms with Gasteiger partial charge in [0.25, 0.3) is 0 Å². The zero-order valence-electron chi connectivity index (χ0n) is 13.9. The summed E-state index contributed by atoms with van der Waals surface area (Å²) >= 11 is 1.92. The lowest BCUT2D eigenvalue weighted by Crippen LogP contribution is -2.43. The number of rotatable bonds is 8. The molecule has 0 spiro atoms. The number of thioether (sulfide) groups is 1. The molecule has 21 heavy (non-hydrogen) atoms. The van der Waals surface area contributed by atoms with Crippen molar-refractivity contribution >= 4 is 41.7 Å². The van der Waals surface area contributed by atoms with Gasteiger partial charge >= 0.3 is 0 Å². The Bertz CT molecular complexity index is 276. The average molecular weight is 428 g/mol. The molecule has 126 valence electrons. The molecule has 6 heteroatoms. The van der Waals surface area contributed by atoms with Crippen LogP contribution in [0.3, 0.4) is 0 Å². The maximum Gasteiger partial charge on any atom is 0.191 e. The van der Waals surface area contributed by atoms with E-state index in [1.54, 1.807) is 0 Å². The molecule has 0 aromatic rings. The van der Waals surface area contributed by atoms with Crippen molar-refractivity contribution in [3.8, 4) is 0 Å².